The van der Waals surface area contributed by atoms with Crippen molar-refractivity contribution in [2.24, 2.45) is 0 Å². The minimum absolute atomic E-state index is 0.0857. The summed E-state index contributed by atoms with van der Waals surface area (Å²) in [5, 5.41) is 11.0. The van der Waals surface area contributed by atoms with Gasteiger partial charge in [-0.2, -0.15) is 0 Å². The molecule has 8 bridgehead atoms. The van der Waals surface area contributed by atoms with Gasteiger partial charge >= 0.3 is 35.2 Å². The number of rotatable bonds is 24. The van der Waals surface area contributed by atoms with E-state index in [2.05, 4.69) is 31.2 Å². The van der Waals surface area contributed by atoms with Crippen molar-refractivity contribution in [2.45, 2.75) is 49.9 Å². The third kappa shape index (κ3) is 17.1. The van der Waals surface area contributed by atoms with Gasteiger partial charge in [0.25, 0.3) is 23.6 Å². The van der Waals surface area contributed by atoms with Crippen LogP contribution in [0.4, 0.5) is 0 Å². The quantitative estimate of drug-likeness (QED) is 0.0304. The molecule has 0 saturated carbocycles. The van der Waals surface area contributed by atoms with Crippen LogP contribution in [0.2, 0.25) is 24.2 Å². The molecule has 4 aromatic carbocycles. The number of nitrogens with zero attached hydrogens (tertiary/aromatic N) is 2. The van der Waals surface area contributed by atoms with Gasteiger partial charge in [-0.25, -0.2) is 9.97 Å². The van der Waals surface area contributed by atoms with Crippen LogP contribution in [-0.2, 0) is 0 Å². The van der Waals surface area contributed by atoms with Crippen LogP contribution in [0.3, 0.4) is 0 Å². The van der Waals surface area contributed by atoms with E-state index in [1.165, 1.54) is 0 Å². The number of hydrogen-bond donors (Lipinski definition) is 18. The Kier molecular flexibility index (Phi) is 20.0. The van der Waals surface area contributed by atoms with Crippen molar-refractivity contribution in [3.63, 3.8) is 0 Å². The van der Waals surface area contributed by atoms with E-state index in [0.717, 1.165) is 0 Å². The molecule has 458 valence electrons. The predicted octanol–water partition coefficient (Wildman–Crippen LogP) is 3.47. The molecule has 0 radical (unpaired) electrons. The van der Waals surface area contributed by atoms with Gasteiger partial charge in [-0.3, -0.25) is 19.2 Å². The minimum Gasteiger partial charge on any atom is -0.390 e. The number of benzene rings is 4. The Balaban J connectivity index is 1.23. The standard InChI is InChI=1S/C60H66N8O16Si4/c69-57(61-29-1-33-85(73,74)75)41-13-5-37(6-14-41)53-45-21-23-47(65-45)54(38-7-15-42(16-8-38)58(70)62-30-2-34-86(76,77)78)49-25-27-51(67-49)56(40-11-19-44(20-12-40)60(72)64-32-4-36-88(82,83)84)52-28-26-50(68-52)55(48-24-22-46(53)66-48)39-9-17-43(18-10-39)59(71)63-31-3-35-87(79,80)81/h5-28,65,68,73-84H,1-4,29-36H2,(H,61,69)(H,62,70)(H,63,71)(H,64,72). The Bertz CT molecular complexity index is 3450. The zero-order valence-corrected chi connectivity index (χ0v) is 51.2. The zero-order chi connectivity index (χ0) is 63.0. The highest BCUT2D eigenvalue weighted by Crippen LogP contribution is 2.39. The van der Waals surface area contributed by atoms with Gasteiger partial charge < -0.3 is 88.8 Å². The van der Waals surface area contributed by atoms with Gasteiger partial charge in [-0.15, -0.1) is 0 Å². The molecule has 0 fully saturated rings. The van der Waals surface area contributed by atoms with E-state index in [4.69, 9.17) is 9.97 Å². The number of carbonyl (C=O) groups is 4. The van der Waals surface area contributed by atoms with Gasteiger partial charge in [0.1, 0.15) is 0 Å². The van der Waals surface area contributed by atoms with E-state index in [1.54, 1.807) is 97.1 Å². The number of H-pyrrole nitrogens is 2. The summed E-state index contributed by atoms with van der Waals surface area (Å²) in [6.45, 7) is 0.343. The zero-order valence-electron chi connectivity index (χ0n) is 47.2. The molecule has 0 spiro atoms. The van der Waals surface area contributed by atoms with E-state index in [0.29, 0.717) is 112 Å². The third-order valence-electron chi connectivity index (χ3n) is 14.4. The molecular weight excluding hydrogens is 1200 g/mol. The SMILES string of the molecule is O=C(NCCC[Si](O)(O)O)c1ccc(-c2c3nc(c(-c4ccc(C(=O)NCCC[Si](O)(O)O)cc4)c4ccc([nH]4)c(-c4ccc(C(=O)NCCC[Si](O)(O)O)cc4)c4nc(c(-c5ccc(C(=O)NCCC[Si](O)(O)O)cc5)c5ccc2[nH]5)C=C4)C=C3)cc1. The topological polar surface area (TPSA) is 417 Å². The molecule has 0 unspecified atom stereocenters. The molecule has 0 aliphatic carbocycles. The molecule has 0 atom stereocenters. The maximum Gasteiger partial charge on any atom is 0.492 e. The highest BCUT2D eigenvalue weighted by molar-refractivity contribution is 6.57. The summed E-state index contributed by atoms with van der Waals surface area (Å²) in [4.78, 5) is 185. The first kappa shape index (κ1) is 64.2. The summed E-state index contributed by atoms with van der Waals surface area (Å²) in [5.74, 6) is -1.70. The molecule has 28 heteroatoms. The van der Waals surface area contributed by atoms with Crippen LogP contribution in [0.15, 0.2) is 121 Å². The molecule has 18 N–H and O–H groups in total. The molecule has 0 saturated heterocycles. The summed E-state index contributed by atoms with van der Waals surface area (Å²) >= 11 is 0. The Morgan fingerprint density at radius 3 is 0.682 bits per heavy atom. The largest absolute Gasteiger partial charge is 0.492 e. The van der Waals surface area contributed by atoms with Crippen LogP contribution in [0.1, 0.15) is 89.9 Å². The van der Waals surface area contributed by atoms with Gasteiger partial charge in [-0.05, 0) is 145 Å². The number of nitrogens with one attached hydrogen (secondary N) is 6. The Hall–Kier alpha value is -8.25. The molecule has 9 rings (SSSR count). The highest BCUT2D eigenvalue weighted by atomic mass is 28.4. The number of amides is 4. The van der Waals surface area contributed by atoms with Crippen LogP contribution in [-0.4, -0.2) is 163 Å². The molecular formula is C60H66N8O16Si4. The van der Waals surface area contributed by atoms with Crippen LogP contribution in [0.25, 0.3) is 90.9 Å². The summed E-state index contributed by atoms with van der Waals surface area (Å²) in [6.07, 6.45) is 8.00. The van der Waals surface area contributed by atoms with E-state index in [-0.39, 0.29) is 76.0 Å². The maximum absolute atomic E-state index is 13.3. The average molecular weight is 1270 g/mol. The lowest BCUT2D eigenvalue weighted by Crippen LogP contribution is -2.35. The van der Waals surface area contributed by atoms with E-state index >= 15 is 0 Å². The first-order valence-electron chi connectivity index (χ1n) is 28.2. The fourth-order valence-electron chi connectivity index (χ4n) is 10.1. The van der Waals surface area contributed by atoms with Gasteiger partial charge in [0.15, 0.2) is 0 Å². The highest BCUT2D eigenvalue weighted by Gasteiger charge is 2.29. The van der Waals surface area contributed by atoms with Gasteiger partial charge in [0.2, 0.25) is 0 Å². The summed E-state index contributed by atoms with van der Waals surface area (Å²) in [6, 6.07) is 33.9. The van der Waals surface area contributed by atoms with E-state index in [9.17, 15) is 76.7 Å². The van der Waals surface area contributed by atoms with E-state index < -0.39 is 58.8 Å². The predicted molar refractivity (Wildman–Crippen MR) is 337 cm³/mol. The average Bonchev–Trinajstić information content (AvgIpc) is 1.78. The van der Waals surface area contributed by atoms with Gasteiger partial charge in [0.05, 0.1) is 22.8 Å². The van der Waals surface area contributed by atoms with Crippen LogP contribution >= 0.6 is 0 Å². The molecule has 2 aliphatic rings. The van der Waals surface area contributed by atoms with Crippen LogP contribution < -0.4 is 21.3 Å². The number of aromatic amines is 2. The lowest BCUT2D eigenvalue weighted by Gasteiger charge is -2.11. The van der Waals surface area contributed by atoms with Crippen molar-refractivity contribution in [2.75, 3.05) is 26.2 Å². The lowest BCUT2D eigenvalue weighted by molar-refractivity contribution is 0.0945. The van der Waals surface area contributed by atoms with Gasteiger partial charge in [0, 0.05) is 117 Å². The van der Waals surface area contributed by atoms with Crippen LogP contribution in [0, 0.1) is 0 Å². The molecule has 4 amide bonds. The normalized spacial score (nSPS) is 12.5. The maximum atomic E-state index is 13.3. The van der Waals surface area contributed by atoms with Crippen molar-refractivity contribution in [1.29, 1.82) is 0 Å². The van der Waals surface area contributed by atoms with Crippen molar-refractivity contribution in [3.8, 4) is 44.5 Å². The molecule has 3 aromatic heterocycles. The lowest BCUT2D eigenvalue weighted by atomic mass is 10.0. The fourth-order valence-corrected chi connectivity index (χ4v) is 12.7. The second-order valence-electron chi connectivity index (χ2n) is 21.3. The summed E-state index contributed by atoms with van der Waals surface area (Å²) in [7, 11) is -17.2. The van der Waals surface area contributed by atoms with Crippen molar-refractivity contribution in [1.82, 2.24) is 41.2 Å². The summed E-state index contributed by atoms with van der Waals surface area (Å²) in [5.41, 5.74) is 10.8. The smallest absolute Gasteiger partial charge is 0.390 e. The molecule has 24 nitrogen and oxygen atoms in total. The molecule has 2 aliphatic heterocycles. The monoisotopic (exact) mass is 1270 g/mol. The number of fused-ring (bicyclic) bond motifs is 8. The Morgan fingerprint density at radius 1 is 0.307 bits per heavy atom. The second-order valence-corrected chi connectivity index (χ2v) is 29.5. The first-order valence-corrected chi connectivity index (χ1v) is 36.3. The second kappa shape index (κ2) is 27.4. The number of aromatic nitrogens is 4. The molecule has 88 heavy (non-hydrogen) atoms. The molecule has 5 heterocycles. The van der Waals surface area contributed by atoms with E-state index in [1.807, 2.05) is 48.6 Å². The number of carbonyl (C=O) groups excluding carboxylic acids is 4. The van der Waals surface area contributed by atoms with Crippen molar-refractivity contribution < 1.29 is 76.7 Å². The third-order valence-corrected chi connectivity index (χ3v) is 18.5. The number of hydrogen-bond acceptors (Lipinski definition) is 18. The summed E-state index contributed by atoms with van der Waals surface area (Å²) < 4.78 is 0. The minimum atomic E-state index is -4.29. The first-order chi connectivity index (χ1) is 41.8. The Morgan fingerprint density at radius 2 is 0.500 bits per heavy atom. The Labute approximate surface area is 507 Å². The molecule has 7 aromatic rings. The van der Waals surface area contributed by atoms with Crippen molar-refractivity contribution >= 4 is 105 Å². The van der Waals surface area contributed by atoms with Gasteiger partial charge in [-0.1, -0.05) is 48.5 Å². The van der Waals surface area contributed by atoms with Crippen LogP contribution in [0.5, 0.6) is 0 Å². The fraction of sp³-hybridized carbons (Fsp3) is 0.200. The van der Waals surface area contributed by atoms with Crippen molar-refractivity contribution in [3.05, 3.63) is 166 Å².